The Hall–Kier alpha value is -1.41. The molecule has 20 heavy (non-hydrogen) atoms. The zero-order chi connectivity index (χ0) is 14.6. The molecule has 6 nitrogen and oxygen atoms in total. The predicted octanol–water partition coefficient (Wildman–Crippen LogP) is 1.08. The van der Waals surface area contributed by atoms with Crippen molar-refractivity contribution < 1.29 is 13.5 Å². The number of aromatic nitrogens is 2. The SMILES string of the molecule is O=S(=O)(NCCc1ccc(Cl)cc1)c1[nH]ncc1CO. The lowest BCUT2D eigenvalue weighted by molar-refractivity contribution is 0.278. The van der Waals surface area contributed by atoms with Crippen molar-refractivity contribution in [2.75, 3.05) is 6.54 Å². The summed E-state index contributed by atoms with van der Waals surface area (Å²) >= 11 is 5.77. The normalized spacial score (nSPS) is 11.7. The fourth-order valence-corrected chi connectivity index (χ4v) is 2.97. The van der Waals surface area contributed by atoms with Gasteiger partial charge in [0.1, 0.15) is 0 Å². The van der Waals surface area contributed by atoms with Crippen molar-refractivity contribution in [1.82, 2.24) is 14.9 Å². The first-order valence-corrected chi connectivity index (χ1v) is 7.76. The van der Waals surface area contributed by atoms with Crippen LogP contribution in [0.2, 0.25) is 5.02 Å². The van der Waals surface area contributed by atoms with Crippen LogP contribution in [0, 0.1) is 0 Å². The molecule has 0 aliphatic heterocycles. The molecule has 1 aromatic carbocycles. The maximum Gasteiger partial charge on any atom is 0.257 e. The first-order chi connectivity index (χ1) is 9.53. The number of nitrogens with zero attached hydrogens (tertiary/aromatic N) is 1. The molecule has 108 valence electrons. The van der Waals surface area contributed by atoms with Crippen molar-refractivity contribution in [1.29, 1.82) is 0 Å². The highest BCUT2D eigenvalue weighted by Gasteiger charge is 2.19. The molecule has 0 atom stereocenters. The van der Waals surface area contributed by atoms with Gasteiger partial charge in [-0.15, -0.1) is 0 Å². The van der Waals surface area contributed by atoms with Crippen molar-refractivity contribution in [3.05, 3.63) is 46.6 Å². The number of hydrogen-bond donors (Lipinski definition) is 3. The highest BCUT2D eigenvalue weighted by atomic mass is 35.5. The van der Waals surface area contributed by atoms with Crippen LogP contribution < -0.4 is 4.72 Å². The third kappa shape index (κ3) is 3.57. The number of H-pyrrole nitrogens is 1. The number of rotatable bonds is 6. The topological polar surface area (TPSA) is 95.1 Å². The highest BCUT2D eigenvalue weighted by molar-refractivity contribution is 7.89. The molecule has 8 heteroatoms. The first kappa shape index (κ1) is 15.0. The monoisotopic (exact) mass is 315 g/mol. The summed E-state index contributed by atoms with van der Waals surface area (Å²) in [5.74, 6) is 0. The van der Waals surface area contributed by atoms with E-state index in [9.17, 15) is 8.42 Å². The van der Waals surface area contributed by atoms with Crippen LogP contribution in [-0.2, 0) is 23.1 Å². The van der Waals surface area contributed by atoms with Crippen LogP contribution in [0.5, 0.6) is 0 Å². The van der Waals surface area contributed by atoms with E-state index in [1.54, 1.807) is 12.1 Å². The molecule has 2 rings (SSSR count). The lowest BCUT2D eigenvalue weighted by Gasteiger charge is -2.06. The summed E-state index contributed by atoms with van der Waals surface area (Å²) in [5, 5.41) is 15.6. The van der Waals surface area contributed by atoms with Gasteiger partial charge >= 0.3 is 0 Å². The summed E-state index contributed by atoms with van der Waals surface area (Å²) < 4.78 is 26.5. The van der Waals surface area contributed by atoms with E-state index in [0.717, 1.165) is 5.56 Å². The van der Waals surface area contributed by atoms with Gasteiger partial charge in [-0.1, -0.05) is 23.7 Å². The zero-order valence-corrected chi connectivity index (χ0v) is 12.1. The number of aliphatic hydroxyl groups is 1. The van der Waals surface area contributed by atoms with Crippen molar-refractivity contribution in [2.45, 2.75) is 18.1 Å². The van der Waals surface area contributed by atoms with Gasteiger partial charge in [-0.2, -0.15) is 5.10 Å². The lowest BCUT2D eigenvalue weighted by atomic mass is 10.2. The molecule has 3 N–H and O–H groups in total. The summed E-state index contributed by atoms with van der Waals surface area (Å²) in [6.45, 7) is -0.141. The molecular weight excluding hydrogens is 302 g/mol. The van der Waals surface area contributed by atoms with E-state index < -0.39 is 10.0 Å². The molecule has 0 radical (unpaired) electrons. The van der Waals surface area contributed by atoms with Crippen molar-refractivity contribution >= 4 is 21.6 Å². The maximum absolute atomic E-state index is 12.0. The minimum atomic E-state index is -3.69. The first-order valence-electron chi connectivity index (χ1n) is 5.90. The molecule has 1 aromatic heterocycles. The average Bonchev–Trinajstić information content (AvgIpc) is 2.90. The zero-order valence-electron chi connectivity index (χ0n) is 10.5. The Kier molecular flexibility index (Phi) is 4.77. The molecule has 0 fully saturated rings. The molecule has 0 amide bonds. The van der Waals surface area contributed by atoms with E-state index in [4.69, 9.17) is 16.7 Å². The molecule has 0 spiro atoms. The molecule has 0 aliphatic rings. The van der Waals surface area contributed by atoms with Gasteiger partial charge in [0.05, 0.1) is 12.8 Å². The third-order valence-electron chi connectivity index (χ3n) is 2.74. The Bertz CT molecular complexity index is 668. The number of sulfonamides is 1. The number of hydrogen-bond acceptors (Lipinski definition) is 4. The molecule has 0 aliphatic carbocycles. The molecule has 1 heterocycles. The number of aromatic amines is 1. The largest absolute Gasteiger partial charge is 0.392 e. The van der Waals surface area contributed by atoms with E-state index in [-0.39, 0.29) is 23.7 Å². The summed E-state index contributed by atoms with van der Waals surface area (Å²) in [6, 6.07) is 7.19. The second kappa shape index (κ2) is 6.36. The van der Waals surface area contributed by atoms with Gasteiger partial charge < -0.3 is 5.11 Å². The van der Waals surface area contributed by atoms with E-state index >= 15 is 0 Å². The highest BCUT2D eigenvalue weighted by Crippen LogP contribution is 2.12. The molecule has 0 bridgehead atoms. The second-order valence-electron chi connectivity index (χ2n) is 4.16. The van der Waals surface area contributed by atoms with E-state index in [0.29, 0.717) is 11.4 Å². The van der Waals surface area contributed by atoms with Crippen LogP contribution in [0.25, 0.3) is 0 Å². The Labute approximate surface area is 121 Å². The molecule has 0 saturated heterocycles. The Balaban J connectivity index is 1.98. The lowest BCUT2D eigenvalue weighted by Crippen LogP contribution is -2.27. The van der Waals surface area contributed by atoms with Crippen molar-refractivity contribution in [2.24, 2.45) is 0 Å². The fourth-order valence-electron chi connectivity index (χ4n) is 1.70. The summed E-state index contributed by atoms with van der Waals surface area (Å²) in [7, 11) is -3.69. The average molecular weight is 316 g/mol. The number of benzene rings is 1. The molecule has 0 unspecified atom stereocenters. The van der Waals surface area contributed by atoms with Crippen LogP contribution in [0.4, 0.5) is 0 Å². The van der Waals surface area contributed by atoms with Gasteiger partial charge in [0, 0.05) is 17.1 Å². The smallest absolute Gasteiger partial charge is 0.257 e. The van der Waals surface area contributed by atoms with E-state index in [1.165, 1.54) is 6.20 Å². The summed E-state index contributed by atoms with van der Waals surface area (Å²) in [5.41, 5.74) is 1.22. The number of halogens is 1. The third-order valence-corrected chi connectivity index (χ3v) is 4.46. The van der Waals surface area contributed by atoms with Gasteiger partial charge in [-0.05, 0) is 24.1 Å². The molecular formula is C12H14ClN3O3S. The predicted molar refractivity (Wildman–Crippen MR) is 74.9 cm³/mol. The second-order valence-corrected chi connectivity index (χ2v) is 6.30. The standard InChI is InChI=1S/C12H14ClN3O3S/c13-11-3-1-9(2-4-11)5-6-15-20(18,19)12-10(8-17)7-14-16-12/h1-4,7,15,17H,5-6,8H2,(H,14,16). The quantitative estimate of drug-likeness (QED) is 0.743. The van der Waals surface area contributed by atoms with Gasteiger partial charge in [0.25, 0.3) is 10.0 Å². The molecule has 0 saturated carbocycles. The number of aliphatic hydroxyl groups excluding tert-OH is 1. The van der Waals surface area contributed by atoms with Crippen LogP contribution in [-0.4, -0.2) is 30.3 Å². The van der Waals surface area contributed by atoms with Gasteiger partial charge in [0.2, 0.25) is 0 Å². The van der Waals surface area contributed by atoms with Gasteiger partial charge in [-0.3, -0.25) is 5.10 Å². The minimum Gasteiger partial charge on any atom is -0.392 e. The van der Waals surface area contributed by atoms with Crippen LogP contribution >= 0.6 is 11.6 Å². The van der Waals surface area contributed by atoms with E-state index in [1.807, 2.05) is 12.1 Å². The van der Waals surface area contributed by atoms with Gasteiger partial charge in [-0.25, -0.2) is 13.1 Å². The molecule has 2 aromatic rings. The number of nitrogens with one attached hydrogen (secondary N) is 2. The Morgan fingerprint density at radius 3 is 2.65 bits per heavy atom. The van der Waals surface area contributed by atoms with Gasteiger partial charge in [0.15, 0.2) is 5.03 Å². The van der Waals surface area contributed by atoms with Crippen LogP contribution in [0.3, 0.4) is 0 Å². The van der Waals surface area contributed by atoms with Crippen LogP contribution in [0.1, 0.15) is 11.1 Å². The van der Waals surface area contributed by atoms with E-state index in [2.05, 4.69) is 14.9 Å². The van der Waals surface area contributed by atoms with Crippen molar-refractivity contribution in [3.63, 3.8) is 0 Å². The summed E-state index contributed by atoms with van der Waals surface area (Å²) in [6.07, 6.45) is 1.83. The maximum atomic E-state index is 12.0. The van der Waals surface area contributed by atoms with Crippen molar-refractivity contribution in [3.8, 4) is 0 Å². The fraction of sp³-hybridized carbons (Fsp3) is 0.250. The minimum absolute atomic E-state index is 0.101. The van der Waals surface area contributed by atoms with Crippen LogP contribution in [0.15, 0.2) is 35.5 Å². The Morgan fingerprint density at radius 2 is 2.00 bits per heavy atom. The Morgan fingerprint density at radius 1 is 1.30 bits per heavy atom. The summed E-state index contributed by atoms with van der Waals surface area (Å²) in [4.78, 5) is 0.